The summed E-state index contributed by atoms with van der Waals surface area (Å²) in [6.07, 6.45) is -0.539. The monoisotopic (exact) mass is 584 g/mol. The Morgan fingerprint density at radius 1 is 1.13 bits per heavy atom. The van der Waals surface area contributed by atoms with Crippen LogP contribution in [0.2, 0.25) is 4.34 Å². The Labute approximate surface area is 232 Å². The minimum absolute atomic E-state index is 0.00150. The molecule has 0 spiro atoms. The number of hydrogen-bond donors (Lipinski definition) is 3. The van der Waals surface area contributed by atoms with Crippen LogP contribution in [0.5, 0.6) is 0 Å². The Morgan fingerprint density at radius 3 is 2.44 bits per heavy atom. The third kappa shape index (κ3) is 6.92. The van der Waals surface area contributed by atoms with Crippen molar-refractivity contribution in [2.24, 2.45) is 11.8 Å². The minimum Gasteiger partial charge on any atom is -0.370 e. The predicted octanol–water partition coefficient (Wildman–Crippen LogP) is 4.30. The molecular formula is C26H28ClF3N4O4S. The molecule has 1 atom stereocenters. The molecule has 2 aliphatic carbocycles. The van der Waals surface area contributed by atoms with Crippen LogP contribution in [-0.4, -0.2) is 56.1 Å². The first kappa shape index (κ1) is 27.9. The van der Waals surface area contributed by atoms with Crippen LogP contribution in [-0.2, 0) is 20.5 Å². The van der Waals surface area contributed by atoms with Gasteiger partial charge in [0.1, 0.15) is 12.6 Å². The summed E-state index contributed by atoms with van der Waals surface area (Å²) in [5.74, 6) is -0.626. The molecule has 2 saturated carbocycles. The number of alkyl halides is 3. The molecule has 1 saturated heterocycles. The van der Waals surface area contributed by atoms with Crippen LogP contribution in [0.1, 0.15) is 40.9 Å². The highest BCUT2D eigenvalue weighted by atomic mass is 35.5. The van der Waals surface area contributed by atoms with Gasteiger partial charge in [-0.1, -0.05) is 11.6 Å². The molecule has 1 aromatic heterocycles. The third-order valence-corrected chi connectivity index (χ3v) is 8.31. The Bertz CT molecular complexity index is 1240. The number of nitrogens with one attached hydrogen (secondary N) is 3. The summed E-state index contributed by atoms with van der Waals surface area (Å²) in [4.78, 5) is 39.6. The number of nitrogens with zero attached hydrogens (tertiary/aromatic N) is 1. The highest BCUT2D eigenvalue weighted by Gasteiger charge is 2.43. The average molecular weight is 585 g/mol. The van der Waals surface area contributed by atoms with Crippen LogP contribution < -0.4 is 20.9 Å². The number of ether oxygens (including phenoxy) is 1. The molecule has 8 nitrogen and oxygen atoms in total. The van der Waals surface area contributed by atoms with E-state index >= 15 is 0 Å². The van der Waals surface area contributed by atoms with Gasteiger partial charge < -0.3 is 25.6 Å². The Balaban J connectivity index is 1.34. The molecule has 210 valence electrons. The molecule has 0 bridgehead atoms. The fraction of sp³-hybridized carbons (Fsp3) is 0.500. The van der Waals surface area contributed by atoms with E-state index in [0.717, 1.165) is 48.0 Å². The fourth-order valence-corrected chi connectivity index (χ4v) is 5.78. The molecule has 2 heterocycles. The van der Waals surface area contributed by atoms with Gasteiger partial charge in [-0.15, -0.1) is 11.3 Å². The van der Waals surface area contributed by atoms with E-state index in [0.29, 0.717) is 21.0 Å². The first-order valence-corrected chi connectivity index (χ1v) is 14.0. The van der Waals surface area contributed by atoms with Crippen LogP contribution in [0.25, 0.3) is 0 Å². The van der Waals surface area contributed by atoms with Gasteiger partial charge in [0, 0.05) is 24.8 Å². The van der Waals surface area contributed by atoms with Crippen LogP contribution >= 0.6 is 22.9 Å². The molecule has 3 fully saturated rings. The zero-order valence-corrected chi connectivity index (χ0v) is 22.4. The highest BCUT2D eigenvalue weighted by Crippen LogP contribution is 2.45. The lowest BCUT2D eigenvalue weighted by molar-refractivity contribution is -0.137. The molecule has 0 radical (unpaired) electrons. The molecule has 13 heteroatoms. The molecule has 0 unspecified atom stereocenters. The fourth-order valence-electron chi connectivity index (χ4n) is 4.82. The number of hydrogen-bond acceptors (Lipinski definition) is 6. The summed E-state index contributed by atoms with van der Waals surface area (Å²) in [6, 6.07) is 5.78. The van der Waals surface area contributed by atoms with Gasteiger partial charge >= 0.3 is 6.18 Å². The molecule has 2 aromatic rings. The van der Waals surface area contributed by atoms with Gasteiger partial charge in [-0.05, 0) is 67.9 Å². The lowest BCUT2D eigenvalue weighted by atomic mass is 10.1. The topological polar surface area (TPSA) is 99.8 Å². The summed E-state index contributed by atoms with van der Waals surface area (Å²) >= 11 is 7.04. The van der Waals surface area contributed by atoms with Crippen LogP contribution in [0, 0.1) is 11.8 Å². The van der Waals surface area contributed by atoms with Crippen molar-refractivity contribution >= 4 is 52.0 Å². The number of thiophene rings is 1. The maximum atomic E-state index is 14.0. The molecule has 1 aromatic carbocycles. The number of morpholine rings is 1. The van der Waals surface area contributed by atoms with E-state index in [1.165, 1.54) is 12.1 Å². The van der Waals surface area contributed by atoms with E-state index in [2.05, 4.69) is 16.0 Å². The van der Waals surface area contributed by atoms with Gasteiger partial charge in [-0.25, -0.2) is 0 Å². The zero-order chi connectivity index (χ0) is 27.7. The summed E-state index contributed by atoms with van der Waals surface area (Å²) in [5.41, 5.74) is -1.38. The van der Waals surface area contributed by atoms with Gasteiger partial charge in [0.05, 0.1) is 27.1 Å². The van der Waals surface area contributed by atoms with Gasteiger partial charge in [0.15, 0.2) is 0 Å². The molecule has 3 amide bonds. The van der Waals surface area contributed by atoms with Crippen molar-refractivity contribution in [1.82, 2.24) is 10.6 Å². The lowest BCUT2D eigenvalue weighted by Gasteiger charge is -2.29. The van der Waals surface area contributed by atoms with Gasteiger partial charge in [-0.3, -0.25) is 14.4 Å². The molecular weight excluding hydrogens is 557 g/mol. The number of rotatable bonds is 10. The van der Waals surface area contributed by atoms with E-state index in [4.69, 9.17) is 16.3 Å². The minimum atomic E-state index is -4.76. The number of halogens is 4. The maximum absolute atomic E-state index is 14.0. The second-order valence-electron chi connectivity index (χ2n) is 10.1. The molecule has 5 rings (SSSR count). The second-order valence-corrected chi connectivity index (χ2v) is 11.8. The standard InChI is InChI=1S/C26H28ClF3N4O4S/c27-21-8-7-20(39-21)25(37)31-12-18(33-23(14-1-2-14)15-3-4-15)24(36)32-16-5-6-19(17(11-16)26(28,29)30)34-9-10-38-13-22(34)35/h5-8,11,14-15,18,23,33H,1-4,9-10,12-13H2,(H,31,37)(H,32,36)/t18-/m0/s1. The first-order chi connectivity index (χ1) is 18.6. The largest absolute Gasteiger partial charge is 0.418 e. The molecule has 1 aliphatic heterocycles. The lowest BCUT2D eigenvalue weighted by Crippen LogP contribution is -2.53. The normalized spacial score (nSPS) is 18.8. The number of amides is 3. The SMILES string of the molecule is O=C(NC[C@H](NC(C1CC1)C1CC1)C(=O)Nc1ccc(N2CCOCC2=O)c(C(F)(F)F)c1)c1ccc(Cl)s1. The van der Waals surface area contributed by atoms with Crippen molar-refractivity contribution in [1.29, 1.82) is 0 Å². The van der Waals surface area contributed by atoms with Crippen LogP contribution in [0.4, 0.5) is 24.5 Å². The number of carbonyl (C=O) groups is 3. The summed E-state index contributed by atoms with van der Waals surface area (Å²) in [7, 11) is 0. The maximum Gasteiger partial charge on any atom is 0.418 e. The van der Waals surface area contributed by atoms with Gasteiger partial charge in [0.2, 0.25) is 5.91 Å². The van der Waals surface area contributed by atoms with E-state index in [1.807, 2.05) is 0 Å². The van der Waals surface area contributed by atoms with Crippen LogP contribution in [0.15, 0.2) is 30.3 Å². The predicted molar refractivity (Wildman–Crippen MR) is 141 cm³/mol. The number of benzene rings is 1. The quantitative estimate of drug-likeness (QED) is 0.387. The average Bonchev–Trinajstić information content (AvgIpc) is 3.83. The van der Waals surface area contributed by atoms with Crippen LogP contribution in [0.3, 0.4) is 0 Å². The summed E-state index contributed by atoms with van der Waals surface area (Å²) in [5, 5.41) is 8.72. The summed E-state index contributed by atoms with van der Waals surface area (Å²) in [6.45, 7) is -0.224. The van der Waals surface area contributed by atoms with Crippen molar-refractivity contribution in [3.8, 4) is 0 Å². The van der Waals surface area contributed by atoms with Crippen molar-refractivity contribution in [2.45, 2.75) is 43.9 Å². The van der Waals surface area contributed by atoms with E-state index in [-0.39, 0.29) is 49.6 Å². The van der Waals surface area contributed by atoms with E-state index in [9.17, 15) is 27.6 Å². The first-order valence-electron chi connectivity index (χ1n) is 12.8. The zero-order valence-electron chi connectivity index (χ0n) is 20.9. The van der Waals surface area contributed by atoms with Gasteiger partial charge in [0.25, 0.3) is 11.8 Å². The van der Waals surface area contributed by atoms with Crippen molar-refractivity contribution in [3.05, 3.63) is 45.1 Å². The smallest absolute Gasteiger partial charge is 0.370 e. The van der Waals surface area contributed by atoms with E-state index < -0.39 is 29.6 Å². The van der Waals surface area contributed by atoms with Crippen molar-refractivity contribution in [3.63, 3.8) is 0 Å². The highest BCUT2D eigenvalue weighted by molar-refractivity contribution is 7.18. The Kier molecular flexibility index (Phi) is 8.18. The number of carbonyl (C=O) groups excluding carboxylic acids is 3. The second kappa shape index (κ2) is 11.4. The number of anilines is 2. The van der Waals surface area contributed by atoms with Gasteiger partial charge in [-0.2, -0.15) is 13.2 Å². The third-order valence-electron chi connectivity index (χ3n) is 7.08. The van der Waals surface area contributed by atoms with Crippen molar-refractivity contribution < 1.29 is 32.3 Å². The van der Waals surface area contributed by atoms with E-state index in [1.54, 1.807) is 12.1 Å². The summed E-state index contributed by atoms with van der Waals surface area (Å²) < 4.78 is 47.5. The van der Waals surface area contributed by atoms with Crippen molar-refractivity contribution in [2.75, 3.05) is 36.5 Å². The Morgan fingerprint density at radius 2 is 1.85 bits per heavy atom. The molecule has 3 aliphatic rings. The molecule has 3 N–H and O–H groups in total. The Hall–Kier alpha value is -2.67. The molecule has 39 heavy (non-hydrogen) atoms.